The lowest BCUT2D eigenvalue weighted by Crippen LogP contribution is -2.31. The van der Waals surface area contributed by atoms with Crippen molar-refractivity contribution >= 4 is 0 Å². The molecule has 0 unspecified atom stereocenters. The molecule has 0 aliphatic rings. The maximum atomic E-state index is 12.1. The van der Waals surface area contributed by atoms with Crippen molar-refractivity contribution in [1.82, 2.24) is 9.78 Å². The Morgan fingerprint density at radius 2 is 2.06 bits per heavy atom. The fourth-order valence-electron chi connectivity index (χ4n) is 1.64. The summed E-state index contributed by atoms with van der Waals surface area (Å²) in [7, 11) is 0. The van der Waals surface area contributed by atoms with Crippen LogP contribution in [0.3, 0.4) is 0 Å². The fraction of sp³-hybridized carbons (Fsp3) is 0.643. The van der Waals surface area contributed by atoms with Crippen LogP contribution in [0.25, 0.3) is 0 Å². The van der Waals surface area contributed by atoms with Crippen molar-refractivity contribution < 1.29 is 0 Å². The lowest BCUT2D eigenvalue weighted by Gasteiger charge is -2.20. The van der Waals surface area contributed by atoms with E-state index in [4.69, 9.17) is 5.26 Å². The van der Waals surface area contributed by atoms with Crippen molar-refractivity contribution in [2.75, 3.05) is 0 Å². The summed E-state index contributed by atoms with van der Waals surface area (Å²) in [5, 5.41) is 13.2. The highest BCUT2D eigenvalue weighted by Crippen LogP contribution is 2.19. The molecule has 1 rings (SSSR count). The maximum Gasteiger partial charge on any atom is 0.271 e. The standard InChI is InChI=1S/C14H21N3O/c1-10(2)9-17-13(18)11(6-7-15)8-12(16-17)14(3,4)5/h8,10H,6,9H2,1-5H3. The molecule has 1 aromatic heterocycles. The van der Waals surface area contributed by atoms with Gasteiger partial charge in [0.2, 0.25) is 0 Å². The molecular weight excluding hydrogens is 226 g/mol. The van der Waals surface area contributed by atoms with Crippen molar-refractivity contribution in [3.8, 4) is 6.07 Å². The summed E-state index contributed by atoms with van der Waals surface area (Å²) in [5.41, 5.74) is 1.13. The topological polar surface area (TPSA) is 58.7 Å². The normalized spacial score (nSPS) is 11.6. The summed E-state index contributed by atoms with van der Waals surface area (Å²) in [4.78, 5) is 12.1. The molecule has 0 amide bonds. The molecule has 0 bridgehead atoms. The third-order valence-corrected chi connectivity index (χ3v) is 2.62. The Morgan fingerprint density at radius 1 is 1.44 bits per heavy atom. The van der Waals surface area contributed by atoms with Gasteiger partial charge in [-0.15, -0.1) is 0 Å². The van der Waals surface area contributed by atoms with E-state index in [9.17, 15) is 4.79 Å². The maximum absolute atomic E-state index is 12.1. The Morgan fingerprint density at radius 3 is 2.50 bits per heavy atom. The minimum absolute atomic E-state index is 0.128. The van der Waals surface area contributed by atoms with Crippen LogP contribution in [0, 0.1) is 17.2 Å². The first kappa shape index (κ1) is 14.4. The van der Waals surface area contributed by atoms with Gasteiger partial charge in [-0.1, -0.05) is 34.6 Å². The molecule has 4 heteroatoms. The summed E-state index contributed by atoms with van der Waals surface area (Å²) in [6.45, 7) is 10.8. The van der Waals surface area contributed by atoms with E-state index in [0.717, 1.165) is 5.69 Å². The van der Waals surface area contributed by atoms with Crippen LogP contribution < -0.4 is 5.56 Å². The highest BCUT2D eigenvalue weighted by molar-refractivity contribution is 5.21. The van der Waals surface area contributed by atoms with E-state index in [1.165, 1.54) is 4.68 Å². The van der Waals surface area contributed by atoms with Crippen molar-refractivity contribution in [3.63, 3.8) is 0 Å². The molecule has 0 saturated carbocycles. The van der Waals surface area contributed by atoms with Gasteiger partial charge in [-0.05, 0) is 12.0 Å². The van der Waals surface area contributed by atoms with Gasteiger partial charge in [-0.25, -0.2) is 4.68 Å². The van der Waals surface area contributed by atoms with Gasteiger partial charge < -0.3 is 0 Å². The van der Waals surface area contributed by atoms with E-state index in [2.05, 4.69) is 25.9 Å². The Labute approximate surface area is 108 Å². The van der Waals surface area contributed by atoms with E-state index < -0.39 is 0 Å². The van der Waals surface area contributed by atoms with Crippen LogP contribution in [0.15, 0.2) is 10.9 Å². The Balaban J connectivity index is 3.38. The average Bonchev–Trinajstić information content (AvgIpc) is 2.21. The zero-order chi connectivity index (χ0) is 13.9. The predicted molar refractivity (Wildman–Crippen MR) is 71.4 cm³/mol. The molecule has 0 saturated heterocycles. The van der Waals surface area contributed by atoms with E-state index in [-0.39, 0.29) is 17.4 Å². The van der Waals surface area contributed by atoms with Gasteiger partial charge >= 0.3 is 0 Å². The predicted octanol–water partition coefficient (Wildman–Crippen LogP) is 2.26. The summed E-state index contributed by atoms with van der Waals surface area (Å²) in [6, 6.07) is 3.81. The Hall–Kier alpha value is -1.63. The largest absolute Gasteiger partial charge is 0.271 e. The number of hydrogen-bond acceptors (Lipinski definition) is 3. The quantitative estimate of drug-likeness (QED) is 0.823. The molecule has 0 radical (unpaired) electrons. The summed E-state index contributed by atoms with van der Waals surface area (Å²) in [5.74, 6) is 0.348. The molecule has 0 N–H and O–H groups in total. The van der Waals surface area contributed by atoms with E-state index in [1.54, 1.807) is 6.07 Å². The lowest BCUT2D eigenvalue weighted by atomic mass is 9.91. The molecule has 4 nitrogen and oxygen atoms in total. The van der Waals surface area contributed by atoms with Crippen LogP contribution in [0.4, 0.5) is 0 Å². The second kappa shape index (κ2) is 5.34. The fourth-order valence-corrected chi connectivity index (χ4v) is 1.64. The first-order valence-electron chi connectivity index (χ1n) is 6.24. The third kappa shape index (κ3) is 3.43. The highest BCUT2D eigenvalue weighted by Gasteiger charge is 2.19. The van der Waals surface area contributed by atoms with Crippen LogP contribution in [0.5, 0.6) is 0 Å². The minimum atomic E-state index is -0.141. The molecule has 98 valence electrons. The molecule has 1 heterocycles. The minimum Gasteiger partial charge on any atom is -0.267 e. The Kier molecular flexibility index (Phi) is 4.28. The average molecular weight is 247 g/mol. The van der Waals surface area contributed by atoms with E-state index >= 15 is 0 Å². The zero-order valence-electron chi connectivity index (χ0n) is 11.8. The summed E-state index contributed by atoms with van der Waals surface area (Å²) < 4.78 is 1.50. The van der Waals surface area contributed by atoms with Gasteiger partial charge in [0.1, 0.15) is 0 Å². The molecule has 0 aliphatic carbocycles. The molecule has 0 aliphatic heterocycles. The first-order valence-corrected chi connectivity index (χ1v) is 6.24. The molecule has 0 fully saturated rings. The number of hydrogen-bond donors (Lipinski definition) is 0. The molecule has 18 heavy (non-hydrogen) atoms. The SMILES string of the molecule is CC(C)Cn1nc(C(C)(C)C)cc(CC#N)c1=O. The molecule has 1 aromatic rings. The van der Waals surface area contributed by atoms with Crippen LogP contribution in [-0.4, -0.2) is 9.78 Å². The molecule has 0 atom stereocenters. The molecule has 0 aromatic carbocycles. The van der Waals surface area contributed by atoms with Crippen LogP contribution >= 0.6 is 0 Å². The number of rotatable bonds is 3. The molecule has 0 spiro atoms. The zero-order valence-corrected chi connectivity index (χ0v) is 11.8. The summed E-state index contributed by atoms with van der Waals surface area (Å²) >= 11 is 0. The van der Waals surface area contributed by atoms with Crippen molar-refractivity contribution in [1.29, 1.82) is 5.26 Å². The monoisotopic (exact) mass is 247 g/mol. The van der Waals surface area contributed by atoms with Crippen LogP contribution in [-0.2, 0) is 18.4 Å². The van der Waals surface area contributed by atoms with Gasteiger partial charge in [0.05, 0.1) is 18.2 Å². The van der Waals surface area contributed by atoms with Gasteiger partial charge in [-0.2, -0.15) is 10.4 Å². The smallest absolute Gasteiger partial charge is 0.267 e. The van der Waals surface area contributed by atoms with Crippen molar-refractivity contribution in [3.05, 3.63) is 27.7 Å². The number of nitrogens with zero attached hydrogens (tertiary/aromatic N) is 3. The van der Waals surface area contributed by atoms with Crippen molar-refractivity contribution in [2.24, 2.45) is 5.92 Å². The van der Waals surface area contributed by atoms with Crippen LogP contribution in [0.2, 0.25) is 0 Å². The van der Waals surface area contributed by atoms with Gasteiger partial charge in [0.25, 0.3) is 5.56 Å². The van der Waals surface area contributed by atoms with E-state index in [1.807, 2.05) is 19.9 Å². The number of aromatic nitrogens is 2. The van der Waals surface area contributed by atoms with Crippen LogP contribution in [0.1, 0.15) is 45.9 Å². The lowest BCUT2D eigenvalue weighted by molar-refractivity contribution is 0.436. The number of nitriles is 1. The summed E-state index contributed by atoms with van der Waals surface area (Å²) in [6.07, 6.45) is 0.141. The van der Waals surface area contributed by atoms with E-state index in [0.29, 0.717) is 18.0 Å². The Bertz CT molecular complexity index is 515. The second-order valence-corrected chi connectivity index (χ2v) is 6.02. The van der Waals surface area contributed by atoms with Gasteiger partial charge in [0.15, 0.2) is 0 Å². The third-order valence-electron chi connectivity index (χ3n) is 2.62. The molecular formula is C14H21N3O. The van der Waals surface area contributed by atoms with Gasteiger partial charge in [0, 0.05) is 17.5 Å². The highest BCUT2D eigenvalue weighted by atomic mass is 16.1. The van der Waals surface area contributed by atoms with Gasteiger partial charge in [-0.3, -0.25) is 4.79 Å². The first-order chi connectivity index (χ1) is 8.25. The van der Waals surface area contributed by atoms with Crippen molar-refractivity contribution in [2.45, 2.75) is 53.0 Å². The second-order valence-electron chi connectivity index (χ2n) is 6.02.